The molecule has 4 unspecified atom stereocenters. The Bertz CT molecular complexity index is 1220. The number of rotatable bonds is 20. The van der Waals surface area contributed by atoms with Crippen LogP contribution >= 0.6 is 87.4 Å². The van der Waals surface area contributed by atoms with Crippen molar-refractivity contribution in [2.45, 2.75) is 49.9 Å². The van der Waals surface area contributed by atoms with Crippen molar-refractivity contribution in [1.29, 1.82) is 0 Å². The molecule has 4 rings (SSSR count). The summed E-state index contributed by atoms with van der Waals surface area (Å²) in [5.41, 5.74) is 0. The molecule has 0 aliphatic carbocycles. The Balaban J connectivity index is 1.49. The fourth-order valence-corrected chi connectivity index (χ4v) is 48.1. The maximum absolute atomic E-state index is 13.2. The average molecular weight is 954 g/mol. The quantitative estimate of drug-likeness (QED) is 0.128. The second-order valence-electron chi connectivity index (χ2n) is 11.8. The zero-order valence-electron chi connectivity index (χ0n) is 28.2. The van der Waals surface area contributed by atoms with E-state index >= 15 is 0 Å². The zero-order chi connectivity index (χ0) is 38.7. The van der Waals surface area contributed by atoms with Gasteiger partial charge in [-0.3, -0.25) is 0 Å². The topological polar surface area (TPSA) is 230 Å². The van der Waals surface area contributed by atoms with Crippen LogP contribution in [0.5, 0.6) is 0 Å². The summed E-state index contributed by atoms with van der Waals surface area (Å²) in [7, 11) is 2.59. The summed E-state index contributed by atoms with van der Waals surface area (Å²) in [4.78, 5) is 105. The van der Waals surface area contributed by atoms with Gasteiger partial charge in [0, 0.05) is 0 Å². The molecule has 0 radical (unpaired) electrons. The van der Waals surface area contributed by atoms with Crippen LogP contribution in [0.15, 0.2) is 0 Å². The number of hydrogen-bond donors (Lipinski definition) is 4. The number of carboxylic acid groups (broad SMARTS) is 4. The van der Waals surface area contributed by atoms with Crippen LogP contribution in [0.25, 0.3) is 0 Å². The number of amides is 4. The molecule has 296 valence electrons. The van der Waals surface area contributed by atoms with Crippen LogP contribution < -0.4 is 0 Å². The first-order valence-corrected chi connectivity index (χ1v) is 35.0. The molecule has 25 heteroatoms. The summed E-state index contributed by atoms with van der Waals surface area (Å²) >= 11 is 5.43. The molecule has 16 nitrogen and oxygen atoms in total. The van der Waals surface area contributed by atoms with Gasteiger partial charge in [0.2, 0.25) is 0 Å². The molecule has 0 spiro atoms. The second kappa shape index (κ2) is 21.6. The monoisotopic (exact) mass is 954 g/mol. The minimum absolute atomic E-state index is 0.0440. The van der Waals surface area contributed by atoms with E-state index in [-0.39, 0.29) is 72.8 Å². The van der Waals surface area contributed by atoms with Gasteiger partial charge in [0.15, 0.2) is 0 Å². The van der Waals surface area contributed by atoms with Crippen LogP contribution in [0.3, 0.4) is 0 Å². The van der Waals surface area contributed by atoms with E-state index in [4.69, 9.17) is 0 Å². The van der Waals surface area contributed by atoms with E-state index in [1.807, 2.05) is 0 Å². The summed E-state index contributed by atoms with van der Waals surface area (Å²) in [6.45, 7) is 0. The molecule has 4 aliphatic heterocycles. The Labute approximate surface area is 338 Å². The molecule has 4 N–H and O–H groups in total. The molecule has 53 heavy (non-hydrogen) atoms. The van der Waals surface area contributed by atoms with Gasteiger partial charge < -0.3 is 0 Å². The van der Waals surface area contributed by atoms with Crippen molar-refractivity contribution in [3.05, 3.63) is 0 Å². The van der Waals surface area contributed by atoms with E-state index in [1.54, 1.807) is 0 Å². The van der Waals surface area contributed by atoms with Crippen molar-refractivity contribution >= 4 is 144 Å². The van der Waals surface area contributed by atoms with E-state index in [0.717, 1.165) is 0 Å². The first-order chi connectivity index (χ1) is 25.2. The zero-order valence-corrected chi connectivity index (χ0v) is 36.9. The van der Waals surface area contributed by atoms with E-state index in [0.29, 0.717) is 46.0 Å². The van der Waals surface area contributed by atoms with Crippen LogP contribution in [0.1, 0.15) is 25.7 Å². The molecule has 4 heterocycles. The van der Waals surface area contributed by atoms with Crippen LogP contribution in [0, 0.1) is 0 Å². The fourth-order valence-electron chi connectivity index (χ4n) is 5.45. The molecule has 4 amide bonds. The molecule has 0 aromatic heterocycles. The summed E-state index contributed by atoms with van der Waals surface area (Å²) < 4.78 is 0. The van der Waals surface area contributed by atoms with Gasteiger partial charge in [-0.15, -0.1) is 0 Å². The summed E-state index contributed by atoms with van der Waals surface area (Å²) in [5, 5.41) is 38.3. The molecule has 0 saturated carbocycles. The third-order valence-corrected chi connectivity index (χ3v) is 51.5. The molecule has 0 bridgehead atoms. The van der Waals surface area contributed by atoms with Crippen molar-refractivity contribution in [3.63, 3.8) is 0 Å². The predicted molar refractivity (Wildman–Crippen MR) is 216 cm³/mol. The number of carbonyl (C=O) groups is 8. The standard InChI is InChI=1S/C28H40GeN4O12S8/c34-21(30-13-46-9-17(30)25(38)39)1-5-50-29(51-6-2-22(35)31-14-47-10-18(31)26(40)41,52-7-3-23(36)32-15-48-11-19(32)27(42)43)53-8-4-24(37)33-16-49-12-20(33)28(44)45/h17-20H,1-16H2,(H,38,39)(H,40,41)(H,42,43)(H,44,45). The Hall–Kier alpha value is -0.897. The number of nitrogens with zero attached hydrogens (tertiary/aromatic N) is 4. The Morgan fingerprint density at radius 1 is 0.434 bits per heavy atom. The summed E-state index contributed by atoms with van der Waals surface area (Å²) in [5.74, 6) is -2.05. The van der Waals surface area contributed by atoms with Gasteiger partial charge in [0.25, 0.3) is 0 Å². The summed E-state index contributed by atoms with van der Waals surface area (Å²) in [6, 6.07) is -3.67. The third-order valence-electron chi connectivity index (χ3n) is 8.33. The first kappa shape index (κ1) is 44.8. The third kappa shape index (κ3) is 12.5. The van der Waals surface area contributed by atoms with Gasteiger partial charge in [-0.05, 0) is 0 Å². The average Bonchev–Trinajstić information content (AvgIpc) is 3.94. The van der Waals surface area contributed by atoms with Crippen LogP contribution in [-0.2, 0) is 38.4 Å². The van der Waals surface area contributed by atoms with E-state index < -0.39 is 56.7 Å². The summed E-state index contributed by atoms with van der Waals surface area (Å²) in [6.07, 6.45) is 0.176. The van der Waals surface area contributed by atoms with E-state index in [1.165, 1.54) is 107 Å². The van der Waals surface area contributed by atoms with Gasteiger partial charge in [-0.2, -0.15) is 0 Å². The Kier molecular flexibility index (Phi) is 18.2. The molecule has 0 aromatic carbocycles. The SMILES string of the molecule is O=C(O)C1CSCN1C(=O)CC[S][Ge]([S]CCC(=O)N1CSCC1C(=O)O)([S]CCC(=O)N1CSCC1C(=O)O)[S]CCC(=O)N1CSCC1C(=O)O. The molecule has 4 aliphatic rings. The van der Waals surface area contributed by atoms with E-state index in [2.05, 4.69) is 0 Å². The fraction of sp³-hybridized carbons (Fsp3) is 0.714. The molecule has 4 fully saturated rings. The molecule has 4 saturated heterocycles. The number of carboxylic acids is 4. The molecular formula is C28H40GeN4O12S8. The number of thioether (sulfide) groups is 4. The number of hydrogen-bond acceptors (Lipinski definition) is 16. The van der Waals surface area contributed by atoms with Crippen molar-refractivity contribution < 1.29 is 58.8 Å². The molecule has 4 atom stereocenters. The second-order valence-corrected chi connectivity index (χ2v) is 48.7. The number of aliphatic carboxylic acids is 4. The van der Waals surface area contributed by atoms with Gasteiger partial charge >= 0.3 is 341 Å². The predicted octanol–water partition coefficient (Wildman–Crippen LogP) is 1.86. The molecular weight excluding hydrogens is 913 g/mol. The van der Waals surface area contributed by atoms with Crippen LogP contribution in [0.4, 0.5) is 0 Å². The maximum atomic E-state index is 13.2. The minimum atomic E-state index is -3.56. The van der Waals surface area contributed by atoms with Crippen LogP contribution in [-0.4, -0.2) is 190 Å². The van der Waals surface area contributed by atoms with E-state index in [9.17, 15) is 58.8 Å². The van der Waals surface area contributed by atoms with Crippen molar-refractivity contribution in [2.24, 2.45) is 0 Å². The van der Waals surface area contributed by atoms with Gasteiger partial charge in [-0.1, -0.05) is 0 Å². The van der Waals surface area contributed by atoms with Crippen molar-refractivity contribution in [1.82, 2.24) is 19.6 Å². The molecule has 0 aromatic rings. The van der Waals surface area contributed by atoms with Crippen LogP contribution in [0.2, 0.25) is 0 Å². The normalized spacial score (nSPS) is 24.0. The van der Waals surface area contributed by atoms with Gasteiger partial charge in [0.05, 0.1) is 0 Å². The van der Waals surface area contributed by atoms with Crippen molar-refractivity contribution in [3.8, 4) is 0 Å². The number of carbonyl (C=O) groups excluding carboxylic acids is 4. The van der Waals surface area contributed by atoms with Gasteiger partial charge in [-0.25, -0.2) is 0 Å². The Morgan fingerprint density at radius 3 is 0.830 bits per heavy atom. The van der Waals surface area contributed by atoms with Crippen molar-refractivity contribution in [2.75, 3.05) is 69.5 Å². The first-order valence-electron chi connectivity index (χ1n) is 16.2. The Morgan fingerprint density at radius 2 is 0.642 bits per heavy atom. The van der Waals surface area contributed by atoms with Gasteiger partial charge in [0.1, 0.15) is 0 Å².